The number of aromatic nitrogens is 3. The van der Waals surface area contributed by atoms with Crippen LogP contribution in [0.4, 0.5) is 0 Å². The first-order chi connectivity index (χ1) is 13.8. The number of fused-ring (bicyclic) bond motifs is 3. The van der Waals surface area contributed by atoms with E-state index < -0.39 is 0 Å². The Morgan fingerprint density at radius 2 is 1.86 bits per heavy atom. The number of benzene rings is 1. The molecule has 2 aliphatic rings. The van der Waals surface area contributed by atoms with Crippen LogP contribution in [0.3, 0.4) is 0 Å². The number of hydrogen-bond acceptors (Lipinski definition) is 6. The molecule has 0 saturated carbocycles. The first-order valence-corrected chi connectivity index (χ1v) is 10.6. The molecule has 7 heteroatoms. The highest BCUT2D eigenvalue weighted by Gasteiger charge is 2.27. The zero-order valence-corrected chi connectivity index (χ0v) is 16.9. The second-order valence-corrected chi connectivity index (χ2v) is 8.41. The summed E-state index contributed by atoms with van der Waals surface area (Å²) in [5.41, 5.74) is 4.02. The number of ether oxygens (including phenoxy) is 2. The van der Waals surface area contributed by atoms with Crippen molar-refractivity contribution in [3.63, 3.8) is 0 Å². The Labute approximate surface area is 168 Å². The molecule has 2 aromatic heterocycles. The molecule has 0 unspecified atom stereocenters. The number of aryl methyl sites for hydroxylation is 1. The molecule has 1 saturated heterocycles. The summed E-state index contributed by atoms with van der Waals surface area (Å²) in [5.74, 6) is 1.81. The Morgan fingerprint density at radius 1 is 1.04 bits per heavy atom. The third-order valence-electron chi connectivity index (χ3n) is 5.45. The average molecular weight is 397 g/mol. The van der Waals surface area contributed by atoms with Crippen molar-refractivity contribution in [1.29, 1.82) is 0 Å². The van der Waals surface area contributed by atoms with Crippen molar-refractivity contribution in [3.8, 4) is 5.00 Å². The topological polar surface area (TPSA) is 52.4 Å². The Balaban J connectivity index is 1.59. The van der Waals surface area contributed by atoms with Crippen molar-refractivity contribution in [3.05, 3.63) is 63.5 Å². The first kappa shape index (κ1) is 18.0. The second-order valence-electron chi connectivity index (χ2n) is 7.33. The maximum Gasteiger partial charge on any atom is 0.164 e. The maximum atomic E-state index is 5.99. The Morgan fingerprint density at radius 3 is 2.68 bits per heavy atom. The third-order valence-corrected chi connectivity index (χ3v) is 6.69. The predicted octanol–water partition coefficient (Wildman–Crippen LogP) is 3.09. The summed E-state index contributed by atoms with van der Waals surface area (Å²) in [6, 6.07) is 10.7. The molecule has 2 aliphatic heterocycles. The molecule has 4 heterocycles. The van der Waals surface area contributed by atoms with E-state index in [4.69, 9.17) is 9.47 Å². The summed E-state index contributed by atoms with van der Waals surface area (Å²) in [7, 11) is 0. The van der Waals surface area contributed by atoms with Gasteiger partial charge in [0.25, 0.3) is 0 Å². The van der Waals surface area contributed by atoms with Crippen LogP contribution in [-0.2, 0) is 35.7 Å². The quantitative estimate of drug-likeness (QED) is 0.678. The smallest absolute Gasteiger partial charge is 0.164 e. The van der Waals surface area contributed by atoms with E-state index >= 15 is 0 Å². The molecule has 0 radical (unpaired) electrons. The van der Waals surface area contributed by atoms with Gasteiger partial charge in [-0.25, -0.2) is 0 Å². The molecule has 28 heavy (non-hydrogen) atoms. The molecule has 3 aromatic rings. The summed E-state index contributed by atoms with van der Waals surface area (Å²) < 4.78 is 13.7. The number of nitrogens with zero attached hydrogens (tertiary/aromatic N) is 4. The number of morpholine rings is 1. The molecular formula is C21H24N4O2S. The monoisotopic (exact) mass is 396 g/mol. The average Bonchev–Trinajstić information content (AvgIpc) is 3.17. The standard InChI is InChI=1S/C21H24N4O2S/c1-15-22-23-20-14-27-13-18-17(11-16-5-3-2-4-6-16)19(28-21(18)25(15)20)12-24-7-9-26-10-8-24/h2-6H,7-14H2,1H3. The fraction of sp³-hybridized carbons (Fsp3) is 0.429. The minimum atomic E-state index is 0.506. The van der Waals surface area contributed by atoms with Crippen molar-refractivity contribution in [2.75, 3.05) is 26.3 Å². The first-order valence-electron chi connectivity index (χ1n) is 9.76. The summed E-state index contributed by atoms with van der Waals surface area (Å²) >= 11 is 1.87. The Kier molecular flexibility index (Phi) is 4.98. The number of rotatable bonds is 4. The van der Waals surface area contributed by atoms with Crippen LogP contribution in [0.5, 0.6) is 0 Å². The van der Waals surface area contributed by atoms with Crippen molar-refractivity contribution in [2.45, 2.75) is 33.1 Å². The van der Waals surface area contributed by atoms with E-state index in [1.807, 2.05) is 18.3 Å². The fourth-order valence-corrected chi connectivity index (χ4v) is 5.40. The molecule has 0 aliphatic carbocycles. The van der Waals surface area contributed by atoms with Gasteiger partial charge in [-0.15, -0.1) is 21.5 Å². The molecule has 1 aromatic carbocycles. The lowest BCUT2D eigenvalue weighted by atomic mass is 10.0. The lowest BCUT2D eigenvalue weighted by molar-refractivity contribution is 0.0345. The normalized spacial score (nSPS) is 17.2. The highest BCUT2D eigenvalue weighted by molar-refractivity contribution is 7.15. The molecule has 6 nitrogen and oxygen atoms in total. The van der Waals surface area contributed by atoms with Crippen LogP contribution in [-0.4, -0.2) is 46.0 Å². The van der Waals surface area contributed by atoms with Crippen LogP contribution >= 0.6 is 11.3 Å². The molecule has 0 atom stereocenters. The third kappa shape index (κ3) is 3.39. The minimum Gasteiger partial charge on any atom is -0.379 e. The van der Waals surface area contributed by atoms with E-state index in [1.54, 1.807) is 0 Å². The SMILES string of the molecule is Cc1nnc2n1-c1sc(CN3CCOCC3)c(Cc3ccccc3)c1COC2. The van der Waals surface area contributed by atoms with Crippen LogP contribution in [0, 0.1) is 6.92 Å². The number of hydrogen-bond donors (Lipinski definition) is 0. The zero-order chi connectivity index (χ0) is 18.9. The van der Waals surface area contributed by atoms with Gasteiger partial charge in [0.2, 0.25) is 0 Å². The van der Waals surface area contributed by atoms with Gasteiger partial charge in [0.1, 0.15) is 17.4 Å². The predicted molar refractivity (Wildman–Crippen MR) is 108 cm³/mol. The molecular weight excluding hydrogens is 372 g/mol. The summed E-state index contributed by atoms with van der Waals surface area (Å²) in [6.07, 6.45) is 0.923. The highest BCUT2D eigenvalue weighted by Crippen LogP contribution is 2.37. The second kappa shape index (κ2) is 7.75. The molecule has 1 fully saturated rings. The van der Waals surface area contributed by atoms with Gasteiger partial charge in [-0.3, -0.25) is 9.47 Å². The van der Waals surface area contributed by atoms with Gasteiger partial charge in [-0.1, -0.05) is 30.3 Å². The van der Waals surface area contributed by atoms with Crippen molar-refractivity contribution < 1.29 is 9.47 Å². The lowest BCUT2D eigenvalue weighted by Crippen LogP contribution is -2.35. The van der Waals surface area contributed by atoms with Gasteiger partial charge in [0.05, 0.1) is 19.8 Å². The minimum absolute atomic E-state index is 0.506. The van der Waals surface area contributed by atoms with E-state index in [2.05, 4.69) is 50.0 Å². The van der Waals surface area contributed by atoms with Gasteiger partial charge in [-0.2, -0.15) is 0 Å². The Hall–Kier alpha value is -2.06. The van der Waals surface area contributed by atoms with Crippen LogP contribution in [0.1, 0.15) is 33.2 Å². The van der Waals surface area contributed by atoms with Crippen LogP contribution in [0.25, 0.3) is 5.00 Å². The van der Waals surface area contributed by atoms with E-state index in [0.29, 0.717) is 13.2 Å². The fourth-order valence-electron chi connectivity index (χ4n) is 3.97. The van der Waals surface area contributed by atoms with Gasteiger partial charge >= 0.3 is 0 Å². The molecule has 0 amide bonds. The van der Waals surface area contributed by atoms with Crippen LogP contribution < -0.4 is 0 Å². The number of thiophene rings is 1. The molecule has 0 spiro atoms. The molecule has 0 bridgehead atoms. The van der Waals surface area contributed by atoms with Crippen molar-refractivity contribution >= 4 is 11.3 Å². The van der Waals surface area contributed by atoms with Gasteiger partial charge in [0.15, 0.2) is 5.82 Å². The van der Waals surface area contributed by atoms with Gasteiger partial charge < -0.3 is 9.47 Å². The molecule has 146 valence electrons. The molecule has 0 N–H and O–H groups in total. The summed E-state index contributed by atoms with van der Waals surface area (Å²) in [4.78, 5) is 3.91. The van der Waals surface area contributed by atoms with Crippen LogP contribution in [0.2, 0.25) is 0 Å². The van der Waals surface area contributed by atoms with E-state index in [9.17, 15) is 0 Å². The van der Waals surface area contributed by atoms with Crippen molar-refractivity contribution in [2.24, 2.45) is 0 Å². The van der Waals surface area contributed by atoms with Crippen LogP contribution in [0.15, 0.2) is 30.3 Å². The highest BCUT2D eigenvalue weighted by atomic mass is 32.1. The lowest BCUT2D eigenvalue weighted by Gasteiger charge is -2.26. The van der Waals surface area contributed by atoms with E-state index in [0.717, 1.165) is 50.9 Å². The summed E-state index contributed by atoms with van der Waals surface area (Å²) in [5, 5.41) is 9.84. The maximum absolute atomic E-state index is 5.99. The van der Waals surface area contributed by atoms with E-state index in [-0.39, 0.29) is 0 Å². The summed E-state index contributed by atoms with van der Waals surface area (Å²) in [6.45, 7) is 7.71. The Bertz CT molecular complexity index is 960. The molecule has 5 rings (SSSR count). The van der Waals surface area contributed by atoms with Gasteiger partial charge in [0, 0.05) is 30.1 Å². The zero-order valence-electron chi connectivity index (χ0n) is 16.1. The largest absolute Gasteiger partial charge is 0.379 e. The van der Waals surface area contributed by atoms with E-state index in [1.165, 1.54) is 26.6 Å². The van der Waals surface area contributed by atoms with Gasteiger partial charge in [-0.05, 0) is 24.5 Å². The van der Waals surface area contributed by atoms with Crippen molar-refractivity contribution in [1.82, 2.24) is 19.7 Å².